The maximum absolute atomic E-state index is 13.8. The summed E-state index contributed by atoms with van der Waals surface area (Å²) in [6.07, 6.45) is -4.68. The Morgan fingerprint density at radius 2 is 1.95 bits per heavy atom. The highest BCUT2D eigenvalue weighted by atomic mass is 35.5. The molecule has 0 saturated heterocycles. The van der Waals surface area contributed by atoms with E-state index >= 15 is 0 Å². The first kappa shape index (κ1) is 15.6. The third-order valence-corrected chi connectivity index (χ3v) is 3.07. The van der Waals surface area contributed by atoms with E-state index in [0.29, 0.717) is 18.7 Å². The van der Waals surface area contributed by atoms with E-state index in [2.05, 4.69) is 5.10 Å². The van der Waals surface area contributed by atoms with Crippen LogP contribution in [0.2, 0.25) is 5.02 Å². The zero-order chi connectivity index (χ0) is 15.8. The molecule has 3 nitrogen and oxygen atoms in total. The normalized spacial score (nSPS) is 11.8. The van der Waals surface area contributed by atoms with Gasteiger partial charge < -0.3 is 4.74 Å². The van der Waals surface area contributed by atoms with Crippen molar-refractivity contribution in [2.75, 3.05) is 0 Å². The van der Waals surface area contributed by atoms with Crippen molar-refractivity contribution in [3.05, 3.63) is 40.3 Å². The van der Waals surface area contributed by atoms with E-state index in [1.165, 1.54) is 6.07 Å². The van der Waals surface area contributed by atoms with Gasteiger partial charge in [-0.1, -0.05) is 11.6 Å². The molecule has 0 amide bonds. The second-order valence-corrected chi connectivity index (χ2v) is 4.72. The lowest BCUT2D eigenvalue weighted by molar-refractivity contribution is -0.137. The maximum atomic E-state index is 13.8. The summed E-state index contributed by atoms with van der Waals surface area (Å²) in [5.74, 6) is -1.61. The lowest BCUT2D eigenvalue weighted by Crippen LogP contribution is -2.06. The molecule has 8 heteroatoms. The van der Waals surface area contributed by atoms with E-state index in [0.717, 1.165) is 5.69 Å². The van der Waals surface area contributed by atoms with Crippen molar-refractivity contribution in [3.63, 3.8) is 0 Å². The predicted octanol–water partition coefficient (Wildman–Crippen LogP) is 4.82. The highest BCUT2D eigenvalue weighted by Gasteiger charge is 2.32. The standard InChI is InChI=1S/C13H11ClF4N2O/c1-3-20-7(2)4-11(19-20)21-12-9(14)5-8(6-10(12)15)13(16,17)18/h4-6H,3H2,1-2H3. The van der Waals surface area contributed by atoms with Crippen molar-refractivity contribution >= 4 is 11.6 Å². The van der Waals surface area contributed by atoms with E-state index in [1.54, 1.807) is 11.6 Å². The molecule has 21 heavy (non-hydrogen) atoms. The summed E-state index contributed by atoms with van der Waals surface area (Å²) >= 11 is 5.67. The van der Waals surface area contributed by atoms with Crippen molar-refractivity contribution in [2.24, 2.45) is 0 Å². The van der Waals surface area contributed by atoms with Gasteiger partial charge in [0, 0.05) is 18.3 Å². The number of hydrogen-bond donors (Lipinski definition) is 0. The molecule has 0 atom stereocenters. The molecule has 1 aromatic carbocycles. The number of hydrogen-bond acceptors (Lipinski definition) is 2. The number of halogens is 5. The van der Waals surface area contributed by atoms with Crippen molar-refractivity contribution < 1.29 is 22.3 Å². The van der Waals surface area contributed by atoms with Crippen LogP contribution in [0.4, 0.5) is 17.6 Å². The zero-order valence-corrected chi connectivity index (χ0v) is 11.9. The molecule has 0 aliphatic heterocycles. The van der Waals surface area contributed by atoms with Crippen LogP contribution >= 0.6 is 11.6 Å². The van der Waals surface area contributed by atoms with Crippen LogP contribution in [-0.4, -0.2) is 9.78 Å². The van der Waals surface area contributed by atoms with Gasteiger partial charge in [-0.3, -0.25) is 4.68 Å². The Bertz CT molecular complexity index is 644. The Morgan fingerprint density at radius 1 is 1.29 bits per heavy atom. The molecular formula is C13H11ClF4N2O. The summed E-state index contributed by atoms with van der Waals surface area (Å²) < 4.78 is 58.1. The first-order valence-electron chi connectivity index (χ1n) is 6.01. The third-order valence-electron chi connectivity index (χ3n) is 2.79. The van der Waals surface area contributed by atoms with Crippen LogP contribution in [0.3, 0.4) is 0 Å². The molecule has 0 saturated carbocycles. The number of rotatable bonds is 3. The van der Waals surface area contributed by atoms with Gasteiger partial charge >= 0.3 is 6.18 Å². The lowest BCUT2D eigenvalue weighted by Gasteiger charge is -2.11. The number of aromatic nitrogens is 2. The number of alkyl halides is 3. The van der Waals surface area contributed by atoms with Crippen molar-refractivity contribution in [2.45, 2.75) is 26.6 Å². The Labute approximate surface area is 123 Å². The summed E-state index contributed by atoms with van der Waals surface area (Å²) in [5, 5.41) is 3.56. The molecule has 2 rings (SSSR count). The molecule has 0 radical (unpaired) electrons. The van der Waals surface area contributed by atoms with Crippen LogP contribution in [0, 0.1) is 12.7 Å². The van der Waals surface area contributed by atoms with E-state index in [4.69, 9.17) is 16.3 Å². The fraction of sp³-hybridized carbons (Fsp3) is 0.308. The van der Waals surface area contributed by atoms with E-state index in [-0.39, 0.29) is 5.88 Å². The van der Waals surface area contributed by atoms with Gasteiger partial charge in [0.2, 0.25) is 5.88 Å². The molecule has 114 valence electrons. The van der Waals surface area contributed by atoms with Crippen LogP contribution in [0.5, 0.6) is 11.6 Å². The maximum Gasteiger partial charge on any atom is 0.416 e. The highest BCUT2D eigenvalue weighted by molar-refractivity contribution is 6.32. The van der Waals surface area contributed by atoms with Gasteiger partial charge in [-0.25, -0.2) is 4.39 Å². The molecule has 0 aliphatic rings. The van der Waals surface area contributed by atoms with E-state index < -0.39 is 28.3 Å². The van der Waals surface area contributed by atoms with E-state index in [1.807, 2.05) is 6.92 Å². The second-order valence-electron chi connectivity index (χ2n) is 4.31. The fourth-order valence-corrected chi connectivity index (χ4v) is 2.02. The molecule has 0 aliphatic carbocycles. The Balaban J connectivity index is 2.36. The first-order valence-corrected chi connectivity index (χ1v) is 6.38. The number of ether oxygens (including phenoxy) is 1. The van der Waals surface area contributed by atoms with Gasteiger partial charge in [0.1, 0.15) is 0 Å². The van der Waals surface area contributed by atoms with Crippen molar-refractivity contribution in [1.29, 1.82) is 0 Å². The first-order chi connectivity index (χ1) is 9.72. The van der Waals surface area contributed by atoms with Gasteiger partial charge in [-0.05, 0) is 26.0 Å². The average Bonchev–Trinajstić information content (AvgIpc) is 2.72. The largest absolute Gasteiger partial charge is 0.433 e. The van der Waals surface area contributed by atoms with Crippen LogP contribution < -0.4 is 4.74 Å². The summed E-state index contributed by atoms with van der Waals surface area (Å²) in [6.45, 7) is 4.21. The van der Waals surface area contributed by atoms with Gasteiger partial charge in [0.25, 0.3) is 0 Å². The van der Waals surface area contributed by atoms with Gasteiger partial charge in [0.15, 0.2) is 11.6 Å². The average molecular weight is 323 g/mol. The van der Waals surface area contributed by atoms with Gasteiger partial charge in [-0.2, -0.15) is 13.2 Å². The Morgan fingerprint density at radius 3 is 2.43 bits per heavy atom. The fourth-order valence-electron chi connectivity index (χ4n) is 1.78. The molecule has 2 aromatic rings. The molecule has 0 spiro atoms. The minimum atomic E-state index is -4.68. The van der Waals surface area contributed by atoms with Crippen LogP contribution in [0.15, 0.2) is 18.2 Å². The van der Waals surface area contributed by atoms with Crippen molar-refractivity contribution in [3.8, 4) is 11.6 Å². The monoisotopic (exact) mass is 322 g/mol. The smallest absolute Gasteiger partial charge is 0.416 e. The SMILES string of the molecule is CCn1nc(Oc2c(F)cc(C(F)(F)F)cc2Cl)cc1C. The zero-order valence-electron chi connectivity index (χ0n) is 11.1. The van der Waals surface area contributed by atoms with E-state index in [9.17, 15) is 17.6 Å². The number of benzene rings is 1. The molecule has 0 bridgehead atoms. The number of nitrogens with zero attached hydrogens (tertiary/aromatic N) is 2. The van der Waals surface area contributed by atoms with Gasteiger partial charge in [0.05, 0.1) is 10.6 Å². The summed E-state index contributed by atoms with van der Waals surface area (Å²) in [5.41, 5.74) is -0.399. The van der Waals surface area contributed by atoms with Crippen LogP contribution in [0.25, 0.3) is 0 Å². The Hall–Kier alpha value is -1.76. The van der Waals surface area contributed by atoms with Crippen molar-refractivity contribution in [1.82, 2.24) is 9.78 Å². The Kier molecular flexibility index (Phi) is 4.13. The predicted molar refractivity (Wildman–Crippen MR) is 69.1 cm³/mol. The number of aryl methyl sites for hydroxylation is 2. The minimum absolute atomic E-state index is 0.0647. The lowest BCUT2D eigenvalue weighted by atomic mass is 10.2. The quantitative estimate of drug-likeness (QED) is 0.758. The molecular weight excluding hydrogens is 312 g/mol. The summed E-state index contributed by atoms with van der Waals surface area (Å²) in [4.78, 5) is 0. The third kappa shape index (κ3) is 3.29. The molecule has 0 N–H and O–H groups in total. The molecule has 0 unspecified atom stereocenters. The highest BCUT2D eigenvalue weighted by Crippen LogP contribution is 2.38. The summed E-state index contributed by atoms with van der Waals surface area (Å²) in [7, 11) is 0. The van der Waals surface area contributed by atoms with Gasteiger partial charge in [-0.15, -0.1) is 5.10 Å². The second kappa shape index (κ2) is 5.55. The molecule has 0 fully saturated rings. The summed E-state index contributed by atoms with van der Waals surface area (Å²) in [6, 6.07) is 2.49. The molecule has 1 aromatic heterocycles. The topological polar surface area (TPSA) is 27.1 Å². The van der Waals surface area contributed by atoms with Crippen LogP contribution in [0.1, 0.15) is 18.2 Å². The minimum Gasteiger partial charge on any atom is -0.433 e. The molecule has 1 heterocycles. The van der Waals surface area contributed by atoms with Crippen LogP contribution in [-0.2, 0) is 12.7 Å².